The van der Waals surface area contributed by atoms with Gasteiger partial charge in [-0.05, 0) is 11.8 Å². The predicted molar refractivity (Wildman–Crippen MR) is 77.5 cm³/mol. The van der Waals surface area contributed by atoms with Gasteiger partial charge in [-0.2, -0.15) is 0 Å². The molecule has 0 radical (unpaired) electrons. The number of carbonyl (C=O) groups is 3. The standard InChI is InChI=1S/C11H22N4O5.2H2O/c1-7(2)5-19-10(17)14-12-9(16)13-15-11(18)20-6-8(3)4;;/h7-8H,5-6H2,1-4H3,(H,14,17)(H,15,18)(H2,12,13,16);2*1H2. The number of rotatable bonds is 4. The Hall–Kier alpha value is -2.27. The topological polar surface area (TPSA) is 181 Å². The average molecular weight is 326 g/mol. The predicted octanol–water partition coefficient (Wildman–Crippen LogP) is -0.769. The van der Waals surface area contributed by atoms with E-state index < -0.39 is 18.2 Å². The van der Waals surface area contributed by atoms with E-state index in [0.717, 1.165) is 0 Å². The quantitative estimate of drug-likeness (QED) is 0.494. The van der Waals surface area contributed by atoms with Gasteiger partial charge in [0.15, 0.2) is 0 Å². The zero-order valence-corrected chi connectivity index (χ0v) is 13.1. The van der Waals surface area contributed by atoms with Crippen molar-refractivity contribution >= 4 is 18.2 Å². The SMILES string of the molecule is CC(C)COC(=O)NNC(=O)NNC(=O)OCC(C)C.O.O. The van der Waals surface area contributed by atoms with Gasteiger partial charge in [-0.15, -0.1) is 0 Å². The number of hydrogen-bond acceptors (Lipinski definition) is 5. The van der Waals surface area contributed by atoms with Gasteiger partial charge in [-0.1, -0.05) is 27.7 Å². The Balaban J connectivity index is -0.00000180. The van der Waals surface area contributed by atoms with E-state index in [2.05, 4.69) is 0 Å². The summed E-state index contributed by atoms with van der Waals surface area (Å²) in [4.78, 5) is 33.3. The fourth-order valence-corrected chi connectivity index (χ4v) is 0.804. The van der Waals surface area contributed by atoms with Crippen molar-refractivity contribution in [1.82, 2.24) is 21.7 Å². The first-order chi connectivity index (χ1) is 9.31. The molecule has 0 unspecified atom stereocenters. The lowest BCUT2D eigenvalue weighted by Gasteiger charge is -2.11. The average Bonchev–Trinajstić information content (AvgIpc) is 2.37. The number of hydrogen-bond donors (Lipinski definition) is 4. The van der Waals surface area contributed by atoms with Crippen LogP contribution in [-0.4, -0.2) is 42.4 Å². The summed E-state index contributed by atoms with van der Waals surface area (Å²) in [6.45, 7) is 7.96. The Morgan fingerprint density at radius 1 is 0.727 bits per heavy atom. The zero-order chi connectivity index (χ0) is 15.5. The molecule has 8 N–H and O–H groups in total. The van der Waals surface area contributed by atoms with Crippen LogP contribution in [0.2, 0.25) is 0 Å². The van der Waals surface area contributed by atoms with Crippen LogP contribution in [0.5, 0.6) is 0 Å². The van der Waals surface area contributed by atoms with Gasteiger partial charge in [0.25, 0.3) is 0 Å². The van der Waals surface area contributed by atoms with Crippen molar-refractivity contribution in [3.8, 4) is 0 Å². The molecule has 0 aliphatic heterocycles. The van der Waals surface area contributed by atoms with Gasteiger partial charge < -0.3 is 20.4 Å². The second kappa shape index (κ2) is 13.7. The van der Waals surface area contributed by atoms with E-state index in [1.54, 1.807) is 0 Å². The molecular weight excluding hydrogens is 300 g/mol. The second-order valence-electron chi connectivity index (χ2n) is 4.81. The minimum Gasteiger partial charge on any atom is -0.448 e. The molecule has 0 aliphatic rings. The summed E-state index contributed by atoms with van der Waals surface area (Å²) < 4.78 is 9.48. The third-order valence-electron chi connectivity index (χ3n) is 1.65. The summed E-state index contributed by atoms with van der Waals surface area (Å²) in [5, 5.41) is 0. The first-order valence-corrected chi connectivity index (χ1v) is 6.22. The normalized spacial score (nSPS) is 9.00. The van der Waals surface area contributed by atoms with Gasteiger partial charge in [0.1, 0.15) is 0 Å². The van der Waals surface area contributed by atoms with Crippen molar-refractivity contribution < 1.29 is 34.8 Å². The molecule has 0 aliphatic carbocycles. The molecule has 0 saturated heterocycles. The molecule has 0 bridgehead atoms. The van der Waals surface area contributed by atoms with E-state index in [0.29, 0.717) is 0 Å². The summed E-state index contributed by atoms with van der Waals surface area (Å²) >= 11 is 0. The fraction of sp³-hybridized carbons (Fsp3) is 0.727. The van der Waals surface area contributed by atoms with Gasteiger partial charge in [0.2, 0.25) is 0 Å². The van der Waals surface area contributed by atoms with Crippen molar-refractivity contribution in [2.75, 3.05) is 13.2 Å². The third-order valence-corrected chi connectivity index (χ3v) is 1.65. The lowest BCUT2D eigenvalue weighted by Crippen LogP contribution is -2.52. The molecule has 4 amide bonds. The van der Waals surface area contributed by atoms with Crippen LogP contribution in [0.4, 0.5) is 14.4 Å². The van der Waals surface area contributed by atoms with Crippen molar-refractivity contribution in [2.24, 2.45) is 11.8 Å². The largest absolute Gasteiger partial charge is 0.448 e. The molecule has 22 heavy (non-hydrogen) atoms. The summed E-state index contributed by atoms with van der Waals surface area (Å²) in [6, 6.07) is -0.840. The Labute approximate surface area is 128 Å². The fourth-order valence-electron chi connectivity index (χ4n) is 0.804. The Morgan fingerprint density at radius 2 is 1.05 bits per heavy atom. The molecule has 0 atom stereocenters. The summed E-state index contributed by atoms with van der Waals surface area (Å²) in [7, 11) is 0. The highest BCUT2D eigenvalue weighted by Crippen LogP contribution is 1.92. The highest BCUT2D eigenvalue weighted by molar-refractivity contribution is 5.79. The number of amides is 4. The zero-order valence-electron chi connectivity index (χ0n) is 13.1. The van der Waals surface area contributed by atoms with E-state index in [4.69, 9.17) is 9.47 Å². The maximum absolute atomic E-state index is 11.2. The molecule has 132 valence electrons. The smallest absolute Gasteiger partial charge is 0.426 e. The van der Waals surface area contributed by atoms with Crippen molar-refractivity contribution in [2.45, 2.75) is 27.7 Å². The molecule has 0 aromatic carbocycles. The van der Waals surface area contributed by atoms with Crippen LogP contribution >= 0.6 is 0 Å². The van der Waals surface area contributed by atoms with E-state index in [9.17, 15) is 14.4 Å². The van der Waals surface area contributed by atoms with E-state index in [-0.39, 0.29) is 36.0 Å². The number of ether oxygens (including phenoxy) is 2. The second-order valence-corrected chi connectivity index (χ2v) is 4.81. The van der Waals surface area contributed by atoms with Gasteiger partial charge in [-0.3, -0.25) is 0 Å². The number of carbonyl (C=O) groups excluding carboxylic acids is 3. The Morgan fingerprint density at radius 3 is 1.32 bits per heavy atom. The molecular formula is C11H26N4O7. The van der Waals surface area contributed by atoms with Crippen LogP contribution in [0.1, 0.15) is 27.7 Å². The highest BCUT2D eigenvalue weighted by Gasteiger charge is 2.08. The molecule has 0 aromatic rings. The van der Waals surface area contributed by atoms with E-state index >= 15 is 0 Å². The molecule has 0 fully saturated rings. The first-order valence-electron chi connectivity index (χ1n) is 6.22. The first kappa shape index (κ1) is 24.7. The lowest BCUT2D eigenvalue weighted by molar-refractivity contribution is 0.126. The minimum atomic E-state index is -0.840. The van der Waals surface area contributed by atoms with Crippen LogP contribution in [-0.2, 0) is 9.47 Å². The van der Waals surface area contributed by atoms with Gasteiger partial charge >= 0.3 is 18.2 Å². The highest BCUT2D eigenvalue weighted by atomic mass is 16.6. The molecule has 11 heteroatoms. The molecule has 11 nitrogen and oxygen atoms in total. The maximum atomic E-state index is 11.2. The van der Waals surface area contributed by atoms with Crippen molar-refractivity contribution in [3.05, 3.63) is 0 Å². The number of nitrogens with one attached hydrogen (secondary N) is 4. The van der Waals surface area contributed by atoms with Crippen LogP contribution in [0, 0.1) is 11.8 Å². The molecule has 0 rings (SSSR count). The number of hydrazine groups is 2. The third kappa shape index (κ3) is 15.8. The van der Waals surface area contributed by atoms with Crippen LogP contribution in [0.15, 0.2) is 0 Å². The summed E-state index contributed by atoms with van der Waals surface area (Å²) in [6.07, 6.45) is -1.59. The molecule has 0 aromatic heterocycles. The number of urea groups is 1. The van der Waals surface area contributed by atoms with Crippen LogP contribution in [0.3, 0.4) is 0 Å². The Bertz CT molecular complexity index is 306. The molecule has 0 spiro atoms. The van der Waals surface area contributed by atoms with E-state index in [1.165, 1.54) is 0 Å². The van der Waals surface area contributed by atoms with Gasteiger partial charge in [0.05, 0.1) is 13.2 Å². The van der Waals surface area contributed by atoms with Crippen molar-refractivity contribution in [1.29, 1.82) is 0 Å². The van der Waals surface area contributed by atoms with Crippen molar-refractivity contribution in [3.63, 3.8) is 0 Å². The minimum absolute atomic E-state index is 0. The lowest BCUT2D eigenvalue weighted by atomic mass is 10.2. The monoisotopic (exact) mass is 326 g/mol. The van der Waals surface area contributed by atoms with Crippen LogP contribution in [0.25, 0.3) is 0 Å². The Kier molecular flexibility index (Phi) is 15.4. The summed E-state index contributed by atoms with van der Waals surface area (Å²) in [5.74, 6) is 0.374. The van der Waals surface area contributed by atoms with E-state index in [1.807, 2.05) is 49.4 Å². The molecule has 0 saturated carbocycles. The van der Waals surface area contributed by atoms with Gasteiger partial charge in [0, 0.05) is 0 Å². The summed E-state index contributed by atoms with van der Waals surface area (Å²) in [5.41, 5.74) is 7.96. The van der Waals surface area contributed by atoms with Gasteiger partial charge in [-0.25, -0.2) is 36.1 Å². The molecule has 0 heterocycles. The maximum Gasteiger partial charge on any atom is 0.426 e. The van der Waals surface area contributed by atoms with Crippen LogP contribution < -0.4 is 21.7 Å².